The minimum absolute atomic E-state index is 0.0752. The van der Waals surface area contributed by atoms with E-state index in [1.54, 1.807) is 17.0 Å². The van der Waals surface area contributed by atoms with Gasteiger partial charge in [-0.3, -0.25) is 9.59 Å². The number of rotatable bonds is 3. The minimum Gasteiger partial charge on any atom is -0.507 e. The lowest BCUT2D eigenvalue weighted by molar-refractivity contribution is -0.116. The van der Waals surface area contributed by atoms with Crippen molar-refractivity contribution in [3.8, 4) is 5.75 Å². The van der Waals surface area contributed by atoms with Crippen LogP contribution in [0.25, 0.3) is 0 Å². The maximum atomic E-state index is 11.4. The predicted octanol–water partition coefficient (Wildman–Crippen LogP) is 5.62. The van der Waals surface area contributed by atoms with E-state index in [4.69, 9.17) is 4.74 Å². The van der Waals surface area contributed by atoms with Gasteiger partial charge in [0.1, 0.15) is 17.1 Å². The highest BCUT2D eigenvalue weighted by molar-refractivity contribution is 6.08. The van der Waals surface area contributed by atoms with Gasteiger partial charge in [-0.1, -0.05) is 39.8 Å². The standard InChI is InChI=1S/C10H10O3.C9H17NO2.2C2H6/c1-7(11)6-10(13)8-4-2-3-5-9(8)12;1-9(2,3)12-8(11)10-6-4-5-7-10;2*1-2/h2-5,12H,6H2,1H3;4-7H2,1-3H3;2*1-2H3. The number of aromatic hydroxyl groups is 1. The number of benzene rings is 1. The Balaban J connectivity index is 0. The summed E-state index contributed by atoms with van der Waals surface area (Å²) in [6.45, 7) is 16.7. The van der Waals surface area contributed by atoms with Gasteiger partial charge in [0.05, 0.1) is 12.0 Å². The maximum Gasteiger partial charge on any atom is 0.410 e. The molecule has 6 nitrogen and oxygen atoms in total. The molecule has 0 bridgehead atoms. The molecule has 6 heteroatoms. The topological polar surface area (TPSA) is 83.9 Å². The van der Waals surface area contributed by atoms with Gasteiger partial charge in [0.25, 0.3) is 0 Å². The summed E-state index contributed by atoms with van der Waals surface area (Å²) in [6.07, 6.45) is 1.90. The molecule has 0 radical (unpaired) electrons. The fraction of sp³-hybridized carbons (Fsp3) is 0.609. The van der Waals surface area contributed by atoms with E-state index in [1.807, 2.05) is 48.5 Å². The number of likely N-dealkylation sites (tertiary alicyclic amines) is 1. The van der Waals surface area contributed by atoms with Crippen molar-refractivity contribution in [2.75, 3.05) is 13.1 Å². The molecular formula is C23H39NO5. The van der Waals surface area contributed by atoms with Crippen LogP contribution in [0.5, 0.6) is 5.75 Å². The molecule has 1 amide bonds. The van der Waals surface area contributed by atoms with Crippen molar-refractivity contribution in [2.45, 2.75) is 80.3 Å². The maximum absolute atomic E-state index is 11.4. The second-order valence-electron chi connectivity index (χ2n) is 6.99. The van der Waals surface area contributed by atoms with E-state index < -0.39 is 0 Å². The Morgan fingerprint density at radius 2 is 1.48 bits per heavy atom. The third-order valence-corrected chi connectivity index (χ3v) is 3.37. The molecule has 0 atom stereocenters. The zero-order valence-electron chi connectivity index (χ0n) is 19.4. The molecule has 0 aliphatic carbocycles. The van der Waals surface area contributed by atoms with Gasteiger partial charge in [0.15, 0.2) is 5.78 Å². The van der Waals surface area contributed by atoms with Crippen molar-refractivity contribution >= 4 is 17.7 Å². The summed E-state index contributed by atoms with van der Waals surface area (Å²) in [6, 6.07) is 6.20. The molecule has 0 aromatic heterocycles. The van der Waals surface area contributed by atoms with E-state index in [9.17, 15) is 19.5 Å². The molecule has 1 saturated heterocycles. The Morgan fingerprint density at radius 3 is 1.90 bits per heavy atom. The van der Waals surface area contributed by atoms with Gasteiger partial charge >= 0.3 is 6.09 Å². The molecule has 1 N–H and O–H groups in total. The van der Waals surface area contributed by atoms with Crippen LogP contribution in [0, 0.1) is 0 Å². The highest BCUT2D eigenvalue weighted by Crippen LogP contribution is 2.17. The lowest BCUT2D eigenvalue weighted by atomic mass is 10.1. The summed E-state index contributed by atoms with van der Waals surface area (Å²) < 4.78 is 5.21. The number of hydrogen-bond acceptors (Lipinski definition) is 5. The highest BCUT2D eigenvalue weighted by Gasteiger charge is 2.23. The molecule has 1 aliphatic heterocycles. The lowest BCUT2D eigenvalue weighted by Crippen LogP contribution is -2.34. The average Bonchev–Trinajstić information content (AvgIpc) is 3.19. The van der Waals surface area contributed by atoms with Gasteiger partial charge < -0.3 is 14.7 Å². The number of phenols is 1. The summed E-state index contributed by atoms with van der Waals surface area (Å²) in [5.41, 5.74) is -0.155. The normalized spacial score (nSPS) is 12.2. The second-order valence-corrected chi connectivity index (χ2v) is 6.99. The molecule has 1 heterocycles. The van der Waals surface area contributed by atoms with Crippen LogP contribution < -0.4 is 0 Å². The zero-order chi connectivity index (χ0) is 23.0. The summed E-state index contributed by atoms with van der Waals surface area (Å²) in [7, 11) is 0. The number of carbonyl (C=O) groups excluding carboxylic acids is 3. The molecule has 1 aromatic carbocycles. The van der Waals surface area contributed by atoms with Gasteiger partial charge in [-0.2, -0.15) is 0 Å². The molecule has 0 unspecified atom stereocenters. The van der Waals surface area contributed by atoms with Gasteiger partial charge in [-0.05, 0) is 52.7 Å². The Labute approximate surface area is 176 Å². The van der Waals surface area contributed by atoms with E-state index in [1.165, 1.54) is 19.1 Å². The van der Waals surface area contributed by atoms with Crippen LogP contribution in [0.4, 0.5) is 4.79 Å². The van der Waals surface area contributed by atoms with Crippen LogP contribution in [0.1, 0.15) is 85.0 Å². The number of para-hydroxylation sites is 1. The van der Waals surface area contributed by atoms with Gasteiger partial charge in [0.2, 0.25) is 0 Å². The number of nitrogens with zero attached hydrogens (tertiary/aromatic N) is 1. The van der Waals surface area contributed by atoms with E-state index in [-0.39, 0.29) is 41.0 Å². The Hall–Kier alpha value is -2.37. The van der Waals surface area contributed by atoms with Crippen molar-refractivity contribution < 1.29 is 24.2 Å². The predicted molar refractivity (Wildman–Crippen MR) is 117 cm³/mol. The second kappa shape index (κ2) is 15.5. The van der Waals surface area contributed by atoms with Crippen molar-refractivity contribution in [2.24, 2.45) is 0 Å². The zero-order valence-corrected chi connectivity index (χ0v) is 19.4. The number of hydrogen-bond donors (Lipinski definition) is 1. The smallest absolute Gasteiger partial charge is 0.410 e. The first-order valence-electron chi connectivity index (χ1n) is 10.4. The Bertz CT molecular complexity index is 614. The molecule has 1 aromatic rings. The monoisotopic (exact) mass is 409 g/mol. The number of Topliss-reactive ketones (excluding diaryl/α,β-unsaturated/α-hetero) is 2. The van der Waals surface area contributed by atoms with Crippen LogP contribution in [-0.2, 0) is 9.53 Å². The van der Waals surface area contributed by atoms with Crippen LogP contribution >= 0.6 is 0 Å². The molecule has 29 heavy (non-hydrogen) atoms. The third kappa shape index (κ3) is 13.4. The van der Waals surface area contributed by atoms with Crippen molar-refractivity contribution in [3.63, 3.8) is 0 Å². The quantitative estimate of drug-likeness (QED) is 0.517. The molecule has 1 aliphatic rings. The molecule has 1 fully saturated rings. The number of ketones is 2. The molecule has 0 spiro atoms. The molecule has 0 saturated carbocycles. The summed E-state index contributed by atoms with van der Waals surface area (Å²) >= 11 is 0. The minimum atomic E-state index is -0.361. The van der Waals surface area contributed by atoms with Crippen LogP contribution in [0.15, 0.2) is 24.3 Å². The van der Waals surface area contributed by atoms with Crippen molar-refractivity contribution in [1.29, 1.82) is 0 Å². The van der Waals surface area contributed by atoms with Crippen LogP contribution in [0.2, 0.25) is 0 Å². The van der Waals surface area contributed by atoms with Crippen molar-refractivity contribution in [3.05, 3.63) is 29.8 Å². The summed E-state index contributed by atoms with van der Waals surface area (Å²) in [5.74, 6) is -0.618. The molecular weight excluding hydrogens is 370 g/mol. The molecule has 2 rings (SSSR count). The van der Waals surface area contributed by atoms with Gasteiger partial charge in [-0.25, -0.2) is 4.79 Å². The van der Waals surface area contributed by atoms with E-state index >= 15 is 0 Å². The van der Waals surface area contributed by atoms with E-state index in [0.29, 0.717) is 0 Å². The number of amides is 1. The van der Waals surface area contributed by atoms with E-state index in [2.05, 4.69) is 0 Å². The first-order chi connectivity index (χ1) is 13.6. The fourth-order valence-electron chi connectivity index (χ4n) is 2.26. The first kappa shape index (κ1) is 28.8. The SMILES string of the molecule is CC.CC.CC(=O)CC(=O)c1ccccc1O.CC(C)(C)OC(=O)N1CCCC1. The summed E-state index contributed by atoms with van der Waals surface area (Å²) in [4.78, 5) is 35.1. The van der Waals surface area contributed by atoms with E-state index in [0.717, 1.165) is 25.9 Å². The molecule has 166 valence electrons. The van der Waals surface area contributed by atoms with Crippen LogP contribution in [0.3, 0.4) is 0 Å². The van der Waals surface area contributed by atoms with Crippen molar-refractivity contribution in [1.82, 2.24) is 4.90 Å². The Morgan fingerprint density at radius 1 is 1.00 bits per heavy atom. The first-order valence-corrected chi connectivity index (χ1v) is 10.4. The van der Waals surface area contributed by atoms with Gasteiger partial charge in [0, 0.05) is 13.1 Å². The highest BCUT2D eigenvalue weighted by atomic mass is 16.6. The number of carbonyl (C=O) groups is 3. The Kier molecular flexibility index (Phi) is 15.5. The fourth-order valence-corrected chi connectivity index (χ4v) is 2.26. The number of ether oxygens (including phenoxy) is 1. The summed E-state index contributed by atoms with van der Waals surface area (Å²) in [5, 5.41) is 9.26. The van der Waals surface area contributed by atoms with Gasteiger partial charge in [-0.15, -0.1) is 0 Å². The largest absolute Gasteiger partial charge is 0.507 e. The average molecular weight is 410 g/mol. The third-order valence-electron chi connectivity index (χ3n) is 3.37. The number of phenolic OH excluding ortho intramolecular Hbond substituents is 1. The van der Waals surface area contributed by atoms with Crippen LogP contribution in [-0.4, -0.2) is 46.4 Å². The lowest BCUT2D eigenvalue weighted by Gasteiger charge is -2.23.